The average molecular weight is 1770 g/mol. The van der Waals surface area contributed by atoms with Crippen LogP contribution < -0.4 is 0 Å². The number of benzene rings is 18. The zero-order valence-corrected chi connectivity index (χ0v) is 74.0. The van der Waals surface area contributed by atoms with Crippen LogP contribution in [0.3, 0.4) is 0 Å². The molecule has 0 amide bonds. The second-order valence-corrected chi connectivity index (χ2v) is 33.7. The van der Waals surface area contributed by atoms with Crippen LogP contribution in [0.15, 0.2) is 480 Å². The molecule has 0 fully saturated rings. The van der Waals surface area contributed by atoms with E-state index in [9.17, 15) is 0 Å². The minimum Gasteiger partial charge on any atom is -0.435 e. The lowest BCUT2D eigenvalue weighted by Crippen LogP contribution is -2.06. The summed E-state index contributed by atoms with van der Waals surface area (Å²) in [7, 11) is 0. The topological polar surface area (TPSA) is 183 Å². The summed E-state index contributed by atoms with van der Waals surface area (Å²) < 4.78 is 25.9. The Morgan fingerprint density at radius 1 is 0.159 bits per heavy atom. The van der Waals surface area contributed by atoms with Crippen molar-refractivity contribution < 1.29 is 13.3 Å². The zero-order valence-electron chi connectivity index (χ0n) is 74.0. The fourth-order valence-corrected chi connectivity index (χ4v) is 18.6. The Bertz CT molecular complexity index is 8350. The summed E-state index contributed by atoms with van der Waals surface area (Å²) in [6.45, 7) is 0. The molecule has 138 heavy (non-hydrogen) atoms. The Labute approximate surface area is 790 Å². The van der Waals surface area contributed by atoms with Crippen molar-refractivity contribution in [2.75, 3.05) is 0 Å². The molecule has 16 nitrogen and oxygen atoms in total. The van der Waals surface area contributed by atoms with Gasteiger partial charge in [-0.3, -0.25) is 13.7 Å². The molecule has 0 atom stereocenters. The number of hydrogen-bond acceptors (Lipinski definition) is 13. The van der Waals surface area contributed by atoms with Crippen molar-refractivity contribution in [1.29, 1.82) is 0 Å². The summed E-state index contributed by atoms with van der Waals surface area (Å²) in [6, 6.07) is 159. The molecule has 18 aromatic carbocycles. The molecule has 0 aliphatic heterocycles. The fourth-order valence-electron chi connectivity index (χ4n) is 18.6. The molecule has 16 heteroatoms. The molecule has 27 aromatic rings. The van der Waals surface area contributed by atoms with Gasteiger partial charge in [-0.05, 0) is 130 Å². The number of fused-ring (bicyclic) bond motifs is 15. The van der Waals surface area contributed by atoms with E-state index >= 15 is 0 Å². The minimum absolute atomic E-state index is 0.532. The molecule has 0 radical (unpaired) electrons. The van der Waals surface area contributed by atoms with Crippen LogP contribution in [-0.4, -0.2) is 63.5 Å². The maximum atomic E-state index is 6.50. The minimum atomic E-state index is 0.532. The highest BCUT2D eigenvalue weighted by Gasteiger charge is 2.27. The third-order valence-corrected chi connectivity index (χ3v) is 25.3. The second kappa shape index (κ2) is 34.9. The highest BCUT2D eigenvalue weighted by atomic mass is 16.4. The van der Waals surface area contributed by atoms with Crippen LogP contribution in [0.4, 0.5) is 0 Å². The van der Waals surface area contributed by atoms with Crippen LogP contribution in [0.2, 0.25) is 0 Å². The van der Waals surface area contributed by atoms with E-state index in [4.69, 9.17) is 63.1 Å². The number of rotatable bonds is 15. The number of oxazole rings is 3. The SMILES string of the molecule is c1ccc(-c2ccc(-c3cc(-c4ccccc4)nc(-n4c5ccccc5c5c6oc(-c7ccccc7)nc6ccc54)n3)cc2)cc1.c1ccc(-c2ccc(-c3cc(-n4c5ccccc5c5c6oc(-c7ccccc7)nc6ccc54)nc(-c4ccccc4)n3)cc2)cc1.c1ccc(-c2ccc(-c3nc(-c4ccccc4)nc(-n4c5ccccc5c5c6oc(-c7ccccc7)nc6ccc54)n3)cc2)cc1. The molecular formula is C122H77N13O3. The van der Waals surface area contributed by atoms with Crippen molar-refractivity contribution in [1.82, 2.24) is 63.5 Å². The maximum absolute atomic E-state index is 6.50. The first-order chi connectivity index (χ1) is 68.4. The van der Waals surface area contributed by atoms with E-state index in [0.29, 0.717) is 47.0 Å². The molecule has 0 spiro atoms. The second-order valence-electron chi connectivity index (χ2n) is 33.7. The Kier molecular flexibility index (Phi) is 20.5. The van der Waals surface area contributed by atoms with Crippen molar-refractivity contribution in [2.24, 2.45) is 0 Å². The van der Waals surface area contributed by atoms with E-state index in [0.717, 1.165) is 194 Å². The van der Waals surface area contributed by atoms with E-state index in [1.165, 1.54) is 11.1 Å². The van der Waals surface area contributed by atoms with Gasteiger partial charge in [0.05, 0.1) is 66.3 Å². The predicted molar refractivity (Wildman–Crippen MR) is 555 cm³/mol. The smallest absolute Gasteiger partial charge is 0.238 e. The number of aromatic nitrogens is 13. The summed E-state index contributed by atoms with van der Waals surface area (Å²) in [5.74, 6) is 5.57. The lowest BCUT2D eigenvalue weighted by molar-refractivity contribution is 0.622. The largest absolute Gasteiger partial charge is 0.435 e. The number of hydrogen-bond donors (Lipinski definition) is 0. The van der Waals surface area contributed by atoms with E-state index in [-0.39, 0.29) is 0 Å². The molecule has 0 aliphatic rings. The summed E-state index contributed by atoms with van der Waals surface area (Å²) in [4.78, 5) is 50.3. The molecule has 0 aliphatic carbocycles. The van der Waals surface area contributed by atoms with Gasteiger partial charge in [0, 0.05) is 72.3 Å². The fraction of sp³-hybridized carbons (Fsp3) is 0. The van der Waals surface area contributed by atoms with Crippen LogP contribution in [-0.2, 0) is 0 Å². The third kappa shape index (κ3) is 15.1. The van der Waals surface area contributed by atoms with Crippen LogP contribution in [0.5, 0.6) is 0 Å². The van der Waals surface area contributed by atoms with E-state index in [2.05, 4.69) is 262 Å². The van der Waals surface area contributed by atoms with Gasteiger partial charge in [0.25, 0.3) is 0 Å². The van der Waals surface area contributed by atoms with Crippen LogP contribution >= 0.6 is 0 Å². The molecule has 648 valence electrons. The van der Waals surface area contributed by atoms with Crippen molar-refractivity contribution in [3.05, 3.63) is 467 Å². The summed E-state index contributed by atoms with van der Waals surface area (Å²) in [5, 5.41) is 6.14. The first-order valence-electron chi connectivity index (χ1n) is 45.7. The highest BCUT2D eigenvalue weighted by Crippen LogP contribution is 2.45. The number of para-hydroxylation sites is 3. The van der Waals surface area contributed by atoms with Crippen molar-refractivity contribution in [2.45, 2.75) is 0 Å². The summed E-state index contributed by atoms with van der Waals surface area (Å²) in [5.41, 5.74) is 28.8. The summed E-state index contributed by atoms with van der Waals surface area (Å²) >= 11 is 0. The van der Waals surface area contributed by atoms with Crippen molar-refractivity contribution in [3.8, 4) is 153 Å². The molecule has 27 rings (SSSR count). The summed E-state index contributed by atoms with van der Waals surface area (Å²) in [6.07, 6.45) is 0. The van der Waals surface area contributed by atoms with Gasteiger partial charge in [-0.1, -0.05) is 364 Å². The molecule has 9 aromatic heterocycles. The van der Waals surface area contributed by atoms with Gasteiger partial charge in [0.15, 0.2) is 34.2 Å². The van der Waals surface area contributed by atoms with Gasteiger partial charge in [-0.25, -0.2) is 39.9 Å². The molecule has 0 N–H and O–H groups in total. The zero-order chi connectivity index (χ0) is 91.4. The van der Waals surface area contributed by atoms with Gasteiger partial charge in [-0.15, -0.1) is 0 Å². The highest BCUT2D eigenvalue weighted by molar-refractivity contribution is 6.22. The maximum Gasteiger partial charge on any atom is 0.238 e. The van der Waals surface area contributed by atoms with Crippen LogP contribution in [0.1, 0.15) is 0 Å². The van der Waals surface area contributed by atoms with Crippen molar-refractivity contribution in [3.63, 3.8) is 0 Å². The Hall–Kier alpha value is -19.1. The average Bonchev–Trinajstić information content (AvgIpc) is 1.57. The van der Waals surface area contributed by atoms with E-state index in [1.54, 1.807) is 0 Å². The first kappa shape index (κ1) is 81.0. The predicted octanol–water partition coefficient (Wildman–Crippen LogP) is 30.5. The molecule has 0 saturated carbocycles. The van der Waals surface area contributed by atoms with E-state index in [1.807, 2.05) is 218 Å². The standard InChI is InChI=1S/2C41H26N4O.C40H25N5O/c1-4-12-27(13-5-1)28-20-22-29(23-21-28)34-26-37(44-40(42-34)30-14-6-2-7-15-30)45-35-19-11-10-18-32(35)38-36(45)25-24-33-39(38)46-41(43-33)31-16-8-3-9-17-31;1-4-12-27(13-5-1)28-20-22-30(23-21-28)35-26-34(29-14-6-2-7-15-29)43-41(44-35)45-36-19-11-10-18-32(36)38-37(45)25-24-33-39(38)46-40(42-33)31-16-8-3-9-17-31;1-4-12-26(13-5-1)27-20-22-29(23-21-27)38-42-37(28-14-6-2-7-15-28)43-40(44-38)45-33-19-11-10-18-31(33)35-34(45)25-24-32-36(35)46-39(41-32)30-16-8-3-9-17-30/h2*1-26H;1-25H. The van der Waals surface area contributed by atoms with Gasteiger partial charge >= 0.3 is 0 Å². The lowest BCUT2D eigenvalue weighted by Gasteiger charge is -2.12. The molecular weight excluding hydrogens is 1700 g/mol. The van der Waals surface area contributed by atoms with E-state index < -0.39 is 0 Å². The molecule has 0 saturated heterocycles. The van der Waals surface area contributed by atoms with Gasteiger partial charge in [0.1, 0.15) is 22.4 Å². The quantitative estimate of drug-likeness (QED) is 0.0946. The molecule has 0 bridgehead atoms. The van der Waals surface area contributed by atoms with Gasteiger partial charge in [-0.2, -0.15) is 9.97 Å². The molecule has 0 unspecified atom stereocenters. The van der Waals surface area contributed by atoms with Crippen molar-refractivity contribution >= 4 is 98.7 Å². The third-order valence-electron chi connectivity index (χ3n) is 25.3. The van der Waals surface area contributed by atoms with Crippen LogP contribution in [0, 0.1) is 0 Å². The normalized spacial score (nSPS) is 11.5. The Balaban J connectivity index is 0.000000110. The monoisotopic (exact) mass is 1770 g/mol. The van der Waals surface area contributed by atoms with Gasteiger partial charge < -0.3 is 13.3 Å². The molecule has 9 heterocycles. The first-order valence-corrected chi connectivity index (χ1v) is 45.7. The Morgan fingerprint density at radius 3 is 0.761 bits per heavy atom. The number of nitrogens with zero attached hydrogens (tertiary/aromatic N) is 13. The van der Waals surface area contributed by atoms with Gasteiger partial charge in [0.2, 0.25) is 29.6 Å². The van der Waals surface area contributed by atoms with Crippen LogP contribution in [0.25, 0.3) is 252 Å². The lowest BCUT2D eigenvalue weighted by atomic mass is 10.0. The Morgan fingerprint density at radius 2 is 0.406 bits per heavy atom.